The molecule has 0 spiro atoms. The minimum Gasteiger partial charge on any atom is -0.489 e. The van der Waals surface area contributed by atoms with Gasteiger partial charge >= 0.3 is 0 Å². The Morgan fingerprint density at radius 1 is 1.08 bits per heavy atom. The lowest BCUT2D eigenvalue weighted by atomic mass is 10.1. The van der Waals surface area contributed by atoms with E-state index in [1.54, 1.807) is 37.3 Å². The molecule has 0 bridgehead atoms. The van der Waals surface area contributed by atoms with Gasteiger partial charge in [0.05, 0.1) is 23.7 Å². The molecule has 0 aliphatic heterocycles. The zero-order valence-electron chi connectivity index (χ0n) is 14.7. The van der Waals surface area contributed by atoms with E-state index < -0.39 is 10.0 Å². The second-order valence-corrected chi connectivity index (χ2v) is 7.77. The molecule has 2 rings (SSSR count). The van der Waals surface area contributed by atoms with E-state index in [1.807, 2.05) is 19.9 Å². The highest BCUT2D eigenvalue weighted by atomic mass is 32.2. The number of anilines is 2. The molecule has 1 amide bonds. The molecule has 2 N–H and O–H groups in total. The van der Waals surface area contributed by atoms with Crippen LogP contribution in [0.4, 0.5) is 11.4 Å². The van der Waals surface area contributed by atoms with Gasteiger partial charge in [-0.05, 0) is 50.6 Å². The van der Waals surface area contributed by atoms with Crippen molar-refractivity contribution in [3.05, 3.63) is 53.6 Å². The molecule has 0 heterocycles. The zero-order valence-corrected chi connectivity index (χ0v) is 15.5. The molecule has 0 aromatic heterocycles. The van der Waals surface area contributed by atoms with E-state index in [-0.39, 0.29) is 12.0 Å². The van der Waals surface area contributed by atoms with Crippen LogP contribution in [0.2, 0.25) is 0 Å². The van der Waals surface area contributed by atoms with Crippen molar-refractivity contribution < 1.29 is 17.9 Å². The molecular weight excluding hydrogens is 340 g/mol. The smallest absolute Gasteiger partial charge is 0.255 e. The second-order valence-electron chi connectivity index (χ2n) is 6.02. The van der Waals surface area contributed by atoms with Gasteiger partial charge in [0.15, 0.2) is 0 Å². The average Bonchev–Trinajstić information content (AvgIpc) is 2.49. The predicted octanol–water partition coefficient (Wildman–Crippen LogP) is 3.41. The highest BCUT2D eigenvalue weighted by Gasteiger charge is 2.13. The van der Waals surface area contributed by atoms with Gasteiger partial charge in [-0.1, -0.05) is 18.2 Å². The summed E-state index contributed by atoms with van der Waals surface area (Å²) >= 11 is 0. The van der Waals surface area contributed by atoms with Crippen molar-refractivity contribution >= 4 is 27.3 Å². The summed E-state index contributed by atoms with van der Waals surface area (Å²) in [6, 6.07) is 12.0. The summed E-state index contributed by atoms with van der Waals surface area (Å²) in [6.07, 6.45) is 1.04. The molecule has 0 aliphatic rings. The average molecular weight is 362 g/mol. The van der Waals surface area contributed by atoms with Crippen LogP contribution in [0.15, 0.2) is 42.5 Å². The summed E-state index contributed by atoms with van der Waals surface area (Å²) in [5, 5.41) is 2.80. The van der Waals surface area contributed by atoms with Crippen LogP contribution in [-0.2, 0) is 10.0 Å². The van der Waals surface area contributed by atoms with Gasteiger partial charge < -0.3 is 10.1 Å². The SMILES string of the molecule is Cc1ccc(C(=O)Nc2ccccc2OC(C)C)cc1NS(C)(=O)=O. The lowest BCUT2D eigenvalue weighted by molar-refractivity contribution is 0.102. The molecule has 134 valence electrons. The largest absolute Gasteiger partial charge is 0.489 e. The van der Waals surface area contributed by atoms with Crippen molar-refractivity contribution in [3.63, 3.8) is 0 Å². The minimum absolute atomic E-state index is 0.0250. The fraction of sp³-hybridized carbons (Fsp3) is 0.278. The highest BCUT2D eigenvalue weighted by molar-refractivity contribution is 7.92. The van der Waals surface area contributed by atoms with Crippen LogP contribution in [0.3, 0.4) is 0 Å². The van der Waals surface area contributed by atoms with E-state index in [2.05, 4.69) is 10.0 Å². The highest BCUT2D eigenvalue weighted by Crippen LogP contribution is 2.26. The van der Waals surface area contributed by atoms with Crippen molar-refractivity contribution in [3.8, 4) is 5.75 Å². The van der Waals surface area contributed by atoms with E-state index in [1.165, 1.54) is 6.07 Å². The third kappa shape index (κ3) is 5.49. The van der Waals surface area contributed by atoms with E-state index in [0.29, 0.717) is 22.7 Å². The first kappa shape index (κ1) is 18.8. The number of hydrogen-bond acceptors (Lipinski definition) is 4. The summed E-state index contributed by atoms with van der Waals surface area (Å²) < 4.78 is 31.0. The maximum Gasteiger partial charge on any atom is 0.255 e. The molecule has 0 saturated carbocycles. The first-order chi connectivity index (χ1) is 11.7. The second kappa shape index (κ2) is 7.57. The molecule has 0 fully saturated rings. The quantitative estimate of drug-likeness (QED) is 0.825. The molecule has 0 aliphatic carbocycles. The van der Waals surface area contributed by atoms with E-state index in [4.69, 9.17) is 4.74 Å². The van der Waals surface area contributed by atoms with Crippen molar-refractivity contribution in [2.24, 2.45) is 0 Å². The number of amides is 1. The van der Waals surface area contributed by atoms with Crippen LogP contribution in [0, 0.1) is 6.92 Å². The van der Waals surface area contributed by atoms with Crippen LogP contribution in [0.1, 0.15) is 29.8 Å². The first-order valence-electron chi connectivity index (χ1n) is 7.81. The van der Waals surface area contributed by atoms with E-state index >= 15 is 0 Å². The number of para-hydroxylation sites is 2. The van der Waals surface area contributed by atoms with Gasteiger partial charge in [0.25, 0.3) is 5.91 Å². The number of rotatable bonds is 6. The van der Waals surface area contributed by atoms with Crippen LogP contribution in [0.25, 0.3) is 0 Å². The molecule has 6 nitrogen and oxygen atoms in total. The molecule has 0 atom stereocenters. The number of carbonyl (C=O) groups excluding carboxylic acids is 1. The summed E-state index contributed by atoms with van der Waals surface area (Å²) in [5.41, 5.74) is 2.00. The predicted molar refractivity (Wildman–Crippen MR) is 99.8 cm³/mol. The minimum atomic E-state index is -3.42. The van der Waals surface area contributed by atoms with Crippen LogP contribution < -0.4 is 14.8 Å². The Morgan fingerprint density at radius 2 is 1.76 bits per heavy atom. The van der Waals surface area contributed by atoms with E-state index in [0.717, 1.165) is 11.8 Å². The normalized spacial score (nSPS) is 11.2. The summed E-state index contributed by atoms with van der Waals surface area (Å²) in [6.45, 7) is 5.57. The van der Waals surface area contributed by atoms with Gasteiger partial charge in [0.2, 0.25) is 10.0 Å². The fourth-order valence-corrected chi connectivity index (χ4v) is 2.81. The Morgan fingerprint density at radius 3 is 2.40 bits per heavy atom. The van der Waals surface area contributed by atoms with Crippen molar-refractivity contribution in [1.82, 2.24) is 0 Å². The topological polar surface area (TPSA) is 84.5 Å². The lowest BCUT2D eigenvalue weighted by Gasteiger charge is -2.15. The molecule has 7 heteroatoms. The third-order valence-corrected chi connectivity index (χ3v) is 3.88. The maximum atomic E-state index is 12.5. The number of nitrogens with one attached hydrogen (secondary N) is 2. The van der Waals surface area contributed by atoms with Gasteiger partial charge in [0.1, 0.15) is 5.75 Å². The summed E-state index contributed by atoms with van der Waals surface area (Å²) in [7, 11) is -3.42. The molecule has 2 aromatic carbocycles. The zero-order chi connectivity index (χ0) is 18.6. The molecule has 0 saturated heterocycles. The van der Waals surface area contributed by atoms with Crippen molar-refractivity contribution in [2.75, 3.05) is 16.3 Å². The Bertz CT molecular complexity index is 876. The van der Waals surface area contributed by atoms with Gasteiger partial charge in [-0.2, -0.15) is 0 Å². The Labute approximate surface area is 148 Å². The maximum absolute atomic E-state index is 12.5. The molecule has 2 aromatic rings. The van der Waals surface area contributed by atoms with Gasteiger partial charge in [-0.3, -0.25) is 9.52 Å². The Kier molecular flexibility index (Phi) is 5.69. The van der Waals surface area contributed by atoms with Gasteiger partial charge in [-0.25, -0.2) is 8.42 Å². The molecular formula is C18H22N2O4S. The third-order valence-electron chi connectivity index (χ3n) is 3.29. The number of benzene rings is 2. The number of aryl methyl sites for hydroxylation is 1. The standard InChI is InChI=1S/C18H22N2O4S/c1-12(2)24-17-8-6-5-7-15(17)19-18(21)14-10-9-13(3)16(11-14)20-25(4,22)23/h5-12,20H,1-4H3,(H,19,21). The number of ether oxygens (including phenoxy) is 1. The van der Waals surface area contributed by atoms with Crippen LogP contribution in [-0.4, -0.2) is 26.7 Å². The number of sulfonamides is 1. The molecule has 25 heavy (non-hydrogen) atoms. The van der Waals surface area contributed by atoms with E-state index in [9.17, 15) is 13.2 Å². The molecule has 0 unspecified atom stereocenters. The van der Waals surface area contributed by atoms with Crippen LogP contribution >= 0.6 is 0 Å². The number of hydrogen-bond donors (Lipinski definition) is 2. The lowest BCUT2D eigenvalue weighted by Crippen LogP contribution is -2.16. The summed E-state index contributed by atoms with van der Waals surface area (Å²) in [4.78, 5) is 12.5. The summed E-state index contributed by atoms with van der Waals surface area (Å²) in [5.74, 6) is 0.226. The van der Waals surface area contributed by atoms with Crippen molar-refractivity contribution in [2.45, 2.75) is 26.9 Å². The van der Waals surface area contributed by atoms with Gasteiger partial charge in [-0.15, -0.1) is 0 Å². The monoisotopic (exact) mass is 362 g/mol. The van der Waals surface area contributed by atoms with Gasteiger partial charge in [0, 0.05) is 5.56 Å². The molecule has 0 radical (unpaired) electrons. The first-order valence-corrected chi connectivity index (χ1v) is 9.70. The Hall–Kier alpha value is -2.54. The van der Waals surface area contributed by atoms with Crippen molar-refractivity contribution in [1.29, 1.82) is 0 Å². The van der Waals surface area contributed by atoms with Crippen LogP contribution in [0.5, 0.6) is 5.75 Å². The number of carbonyl (C=O) groups is 1. The Balaban J connectivity index is 2.26. The fourth-order valence-electron chi connectivity index (χ4n) is 2.19.